The van der Waals surface area contributed by atoms with Crippen LogP contribution in [0.25, 0.3) is 0 Å². The fourth-order valence-corrected chi connectivity index (χ4v) is 4.60. The zero-order chi connectivity index (χ0) is 13.4. The Kier molecular flexibility index (Phi) is 3.95. The Morgan fingerprint density at radius 2 is 1.78 bits per heavy atom. The number of nitrogens with zero attached hydrogens (tertiary/aromatic N) is 2. The number of carboxylic acids is 1. The number of hydrogen-bond donors (Lipinski definition) is 1. The maximum absolute atomic E-state index is 11.9. The third-order valence-electron chi connectivity index (χ3n) is 4.11. The van der Waals surface area contributed by atoms with Crippen LogP contribution in [0.15, 0.2) is 0 Å². The van der Waals surface area contributed by atoms with E-state index in [2.05, 4.69) is 30.7 Å². The fraction of sp³-hybridized carbons (Fsp3) is 0.923. The first-order chi connectivity index (χ1) is 8.36. The quantitative estimate of drug-likeness (QED) is 0.819. The van der Waals surface area contributed by atoms with Crippen LogP contribution in [0.4, 0.5) is 0 Å². The number of carbonyl (C=O) groups is 1. The molecule has 1 N–H and O–H groups in total. The highest BCUT2D eigenvalue weighted by Crippen LogP contribution is 2.42. The molecule has 0 saturated carbocycles. The maximum Gasteiger partial charge on any atom is 0.325 e. The third-order valence-corrected chi connectivity index (χ3v) is 5.78. The van der Waals surface area contributed by atoms with Gasteiger partial charge in [-0.3, -0.25) is 9.69 Å². The van der Waals surface area contributed by atoms with Crippen molar-refractivity contribution in [2.45, 2.75) is 25.8 Å². The largest absolute Gasteiger partial charge is 0.480 e. The lowest BCUT2D eigenvalue weighted by atomic mass is 9.78. The molecule has 1 unspecified atom stereocenters. The van der Waals surface area contributed by atoms with Crippen molar-refractivity contribution in [3.05, 3.63) is 0 Å². The van der Waals surface area contributed by atoms with Gasteiger partial charge >= 0.3 is 5.97 Å². The molecule has 0 aromatic heterocycles. The zero-order valence-electron chi connectivity index (χ0n) is 11.6. The van der Waals surface area contributed by atoms with Crippen LogP contribution >= 0.6 is 11.8 Å². The van der Waals surface area contributed by atoms with Crippen LogP contribution in [0, 0.1) is 5.41 Å². The SMILES string of the molecule is CN1CCN(C2(C(=O)O)CSCC(C)(C)C2)CC1. The minimum absolute atomic E-state index is 0.116. The van der Waals surface area contributed by atoms with Gasteiger partial charge < -0.3 is 10.0 Å². The van der Waals surface area contributed by atoms with Crippen LogP contribution in [-0.4, -0.2) is 71.1 Å². The Hall–Kier alpha value is -0.260. The number of aliphatic carboxylic acids is 1. The van der Waals surface area contributed by atoms with Crippen molar-refractivity contribution >= 4 is 17.7 Å². The van der Waals surface area contributed by atoms with Crippen molar-refractivity contribution in [1.29, 1.82) is 0 Å². The van der Waals surface area contributed by atoms with E-state index in [1.807, 2.05) is 0 Å². The van der Waals surface area contributed by atoms with Crippen molar-refractivity contribution in [3.8, 4) is 0 Å². The molecule has 0 bridgehead atoms. The van der Waals surface area contributed by atoms with Gasteiger partial charge in [0.25, 0.3) is 0 Å². The summed E-state index contributed by atoms with van der Waals surface area (Å²) in [7, 11) is 2.10. The normalized spacial score (nSPS) is 34.4. The number of rotatable bonds is 2. The topological polar surface area (TPSA) is 43.8 Å². The standard InChI is InChI=1S/C13H24N2O2S/c1-12(2)8-13(11(16)17,10-18-9-12)15-6-4-14(3)5-7-15/h4-10H2,1-3H3,(H,16,17). The van der Waals surface area contributed by atoms with Crippen molar-refractivity contribution in [3.63, 3.8) is 0 Å². The smallest absolute Gasteiger partial charge is 0.325 e. The van der Waals surface area contributed by atoms with Crippen LogP contribution in [0.1, 0.15) is 20.3 Å². The summed E-state index contributed by atoms with van der Waals surface area (Å²) in [6.07, 6.45) is 0.770. The molecule has 2 aliphatic heterocycles. The number of thioether (sulfide) groups is 1. The van der Waals surface area contributed by atoms with E-state index < -0.39 is 11.5 Å². The molecule has 2 rings (SSSR count). The van der Waals surface area contributed by atoms with Gasteiger partial charge in [-0.25, -0.2) is 0 Å². The average molecular weight is 272 g/mol. The lowest BCUT2D eigenvalue weighted by Crippen LogP contribution is -2.64. The molecule has 4 nitrogen and oxygen atoms in total. The molecule has 0 aliphatic carbocycles. The molecule has 2 aliphatic rings. The molecule has 5 heteroatoms. The second kappa shape index (κ2) is 5.02. The summed E-state index contributed by atoms with van der Waals surface area (Å²) in [5, 5.41) is 9.77. The third kappa shape index (κ3) is 2.68. The van der Waals surface area contributed by atoms with Gasteiger partial charge in [-0.2, -0.15) is 11.8 Å². The number of carboxylic acid groups (broad SMARTS) is 1. The van der Waals surface area contributed by atoms with Crippen molar-refractivity contribution in [2.24, 2.45) is 5.41 Å². The van der Waals surface area contributed by atoms with Gasteiger partial charge in [0.05, 0.1) is 0 Å². The first-order valence-electron chi connectivity index (χ1n) is 6.61. The lowest BCUT2D eigenvalue weighted by molar-refractivity contribution is -0.154. The summed E-state index contributed by atoms with van der Waals surface area (Å²) in [6, 6.07) is 0. The zero-order valence-corrected chi connectivity index (χ0v) is 12.4. The predicted octanol–water partition coefficient (Wildman–Crippen LogP) is 1.22. The molecule has 0 aromatic carbocycles. The second-order valence-corrected chi connectivity index (χ2v) is 7.45. The van der Waals surface area contributed by atoms with Gasteiger partial charge in [-0.1, -0.05) is 13.8 Å². The Bertz CT molecular complexity index is 327. The Morgan fingerprint density at radius 3 is 2.28 bits per heavy atom. The summed E-state index contributed by atoms with van der Waals surface area (Å²) in [5.74, 6) is 1.16. The molecule has 104 valence electrons. The predicted molar refractivity (Wildman–Crippen MR) is 75.2 cm³/mol. The van der Waals surface area contributed by atoms with E-state index in [1.165, 1.54) is 0 Å². The van der Waals surface area contributed by atoms with Crippen molar-refractivity contribution < 1.29 is 9.90 Å². The Labute approximate surface area is 114 Å². The Balaban J connectivity index is 2.19. The van der Waals surface area contributed by atoms with E-state index in [0.29, 0.717) is 0 Å². The maximum atomic E-state index is 11.9. The Morgan fingerprint density at radius 1 is 1.17 bits per heavy atom. The van der Waals surface area contributed by atoms with Gasteiger partial charge in [-0.05, 0) is 24.6 Å². The summed E-state index contributed by atoms with van der Waals surface area (Å²) >= 11 is 1.80. The van der Waals surface area contributed by atoms with Crippen LogP contribution < -0.4 is 0 Å². The number of likely N-dealkylation sites (N-methyl/N-ethyl adjacent to an activating group) is 1. The number of piperazine rings is 1. The second-order valence-electron chi connectivity index (χ2n) is 6.46. The van der Waals surface area contributed by atoms with Gasteiger partial charge in [0.1, 0.15) is 5.54 Å². The lowest BCUT2D eigenvalue weighted by Gasteiger charge is -2.50. The first kappa shape index (κ1) is 14.2. The van der Waals surface area contributed by atoms with E-state index in [-0.39, 0.29) is 5.41 Å². The molecule has 0 spiro atoms. The van der Waals surface area contributed by atoms with Crippen molar-refractivity contribution in [2.75, 3.05) is 44.7 Å². The minimum Gasteiger partial charge on any atom is -0.480 e. The monoisotopic (exact) mass is 272 g/mol. The summed E-state index contributed by atoms with van der Waals surface area (Å²) in [4.78, 5) is 16.4. The summed E-state index contributed by atoms with van der Waals surface area (Å²) < 4.78 is 0. The molecule has 0 radical (unpaired) electrons. The summed E-state index contributed by atoms with van der Waals surface area (Å²) in [5.41, 5.74) is -0.529. The molecule has 2 fully saturated rings. The average Bonchev–Trinajstić information content (AvgIpc) is 2.28. The highest BCUT2D eigenvalue weighted by molar-refractivity contribution is 7.99. The van der Waals surface area contributed by atoms with Crippen LogP contribution in [-0.2, 0) is 4.79 Å². The van der Waals surface area contributed by atoms with Crippen LogP contribution in [0.3, 0.4) is 0 Å². The summed E-state index contributed by atoms with van der Waals surface area (Å²) in [6.45, 7) is 8.07. The fourth-order valence-electron chi connectivity index (χ4n) is 3.10. The van der Waals surface area contributed by atoms with Crippen LogP contribution in [0.5, 0.6) is 0 Å². The highest BCUT2D eigenvalue weighted by Gasteiger charge is 2.50. The molecule has 0 aromatic rings. The minimum atomic E-state index is -0.645. The molecule has 2 saturated heterocycles. The van der Waals surface area contributed by atoms with E-state index in [4.69, 9.17) is 0 Å². The van der Waals surface area contributed by atoms with Gasteiger partial charge in [0.15, 0.2) is 0 Å². The molecular formula is C13H24N2O2S. The molecular weight excluding hydrogens is 248 g/mol. The van der Waals surface area contributed by atoms with E-state index in [1.54, 1.807) is 11.8 Å². The van der Waals surface area contributed by atoms with Crippen LogP contribution in [0.2, 0.25) is 0 Å². The molecule has 2 heterocycles. The van der Waals surface area contributed by atoms with Gasteiger partial charge in [0.2, 0.25) is 0 Å². The van der Waals surface area contributed by atoms with E-state index >= 15 is 0 Å². The first-order valence-corrected chi connectivity index (χ1v) is 7.76. The molecule has 0 amide bonds. The van der Waals surface area contributed by atoms with E-state index in [0.717, 1.165) is 44.1 Å². The van der Waals surface area contributed by atoms with Gasteiger partial charge in [-0.15, -0.1) is 0 Å². The number of hydrogen-bond acceptors (Lipinski definition) is 4. The highest BCUT2D eigenvalue weighted by atomic mass is 32.2. The molecule has 1 atom stereocenters. The van der Waals surface area contributed by atoms with Gasteiger partial charge in [0, 0.05) is 31.9 Å². The molecule has 18 heavy (non-hydrogen) atoms. The van der Waals surface area contributed by atoms with E-state index in [9.17, 15) is 9.90 Å². The van der Waals surface area contributed by atoms with Crippen molar-refractivity contribution in [1.82, 2.24) is 9.80 Å².